The summed E-state index contributed by atoms with van der Waals surface area (Å²) in [6.07, 6.45) is 5.05. The third-order valence-corrected chi connectivity index (χ3v) is 4.81. The molecule has 28 heavy (non-hydrogen) atoms. The van der Waals surface area contributed by atoms with Gasteiger partial charge in [0, 0.05) is 46.0 Å². The number of methoxy groups -OCH3 is 1. The minimum absolute atomic E-state index is 0.325. The second-order valence-corrected chi connectivity index (χ2v) is 6.79. The van der Waals surface area contributed by atoms with E-state index in [4.69, 9.17) is 13.9 Å². The first-order chi connectivity index (χ1) is 13.8. The van der Waals surface area contributed by atoms with Crippen molar-refractivity contribution in [2.75, 3.05) is 40.5 Å². The number of benzene rings is 1. The monoisotopic (exact) mass is 386 g/mol. The fourth-order valence-electron chi connectivity index (χ4n) is 3.30. The lowest BCUT2D eigenvalue weighted by Crippen LogP contribution is -2.46. The number of piperidine rings is 1. The molecule has 1 aliphatic rings. The number of aromatic nitrogens is 1. The van der Waals surface area contributed by atoms with Gasteiger partial charge in [-0.15, -0.1) is 0 Å². The number of rotatable bonds is 8. The van der Waals surface area contributed by atoms with E-state index in [0.717, 1.165) is 62.8 Å². The number of oxazole rings is 1. The number of hydrogen-bond donors (Lipinski definition) is 1. The molecule has 152 valence electrons. The normalized spacial score (nSPS) is 15.8. The summed E-state index contributed by atoms with van der Waals surface area (Å²) < 4.78 is 16.8. The van der Waals surface area contributed by atoms with Crippen LogP contribution in [0.4, 0.5) is 0 Å². The molecule has 7 heteroatoms. The van der Waals surface area contributed by atoms with E-state index in [-0.39, 0.29) is 0 Å². The van der Waals surface area contributed by atoms with Gasteiger partial charge >= 0.3 is 0 Å². The molecule has 0 bridgehead atoms. The lowest BCUT2D eigenvalue weighted by Gasteiger charge is -2.34. The lowest BCUT2D eigenvalue weighted by atomic mass is 10.1. The quantitative estimate of drug-likeness (QED) is 0.427. The molecule has 1 saturated heterocycles. The SMILES string of the molecule is CN=C(NCc1ncc(-c2ccccc2)o1)N1CCC(OCCCOC)CC1. The standard InChI is InChI=1S/C21H30N4O3/c1-22-21(25-11-9-18(10-12-25)27-14-6-13-26-2)24-16-20-23-15-19(28-20)17-7-4-3-5-8-17/h3-5,7-8,15,18H,6,9-14,16H2,1-2H3,(H,22,24). The van der Waals surface area contributed by atoms with Gasteiger partial charge in [0.25, 0.3) is 0 Å². The Morgan fingerprint density at radius 2 is 2.04 bits per heavy atom. The predicted octanol–water partition coefficient (Wildman–Crippen LogP) is 2.93. The van der Waals surface area contributed by atoms with Crippen LogP contribution in [0.5, 0.6) is 0 Å². The molecule has 0 aliphatic carbocycles. The van der Waals surface area contributed by atoms with Crippen LogP contribution >= 0.6 is 0 Å². The summed E-state index contributed by atoms with van der Waals surface area (Å²) in [7, 11) is 3.53. The van der Waals surface area contributed by atoms with E-state index < -0.39 is 0 Å². The lowest BCUT2D eigenvalue weighted by molar-refractivity contribution is 0.00988. The molecule has 1 aromatic carbocycles. The van der Waals surface area contributed by atoms with E-state index in [9.17, 15) is 0 Å². The van der Waals surface area contributed by atoms with E-state index in [2.05, 4.69) is 20.2 Å². The Hall–Kier alpha value is -2.38. The largest absolute Gasteiger partial charge is 0.439 e. The first-order valence-electron chi connectivity index (χ1n) is 9.86. The summed E-state index contributed by atoms with van der Waals surface area (Å²) in [6.45, 7) is 3.87. The van der Waals surface area contributed by atoms with Crippen molar-refractivity contribution in [3.8, 4) is 11.3 Å². The molecular weight excluding hydrogens is 356 g/mol. The van der Waals surface area contributed by atoms with Crippen molar-refractivity contribution in [3.05, 3.63) is 42.4 Å². The van der Waals surface area contributed by atoms with Crippen molar-refractivity contribution in [1.29, 1.82) is 0 Å². The average Bonchev–Trinajstić information content (AvgIpc) is 3.22. The van der Waals surface area contributed by atoms with Crippen LogP contribution in [0, 0.1) is 0 Å². The van der Waals surface area contributed by atoms with E-state index >= 15 is 0 Å². The highest BCUT2D eigenvalue weighted by molar-refractivity contribution is 5.79. The minimum atomic E-state index is 0.325. The second kappa shape index (κ2) is 10.8. The van der Waals surface area contributed by atoms with Crippen LogP contribution in [0.3, 0.4) is 0 Å². The Kier molecular flexibility index (Phi) is 7.87. The third kappa shape index (κ3) is 5.81. The molecule has 0 radical (unpaired) electrons. The first-order valence-corrected chi connectivity index (χ1v) is 9.86. The maximum absolute atomic E-state index is 5.93. The number of likely N-dealkylation sites (tertiary alicyclic amines) is 1. The van der Waals surface area contributed by atoms with Crippen LogP contribution in [-0.2, 0) is 16.0 Å². The smallest absolute Gasteiger partial charge is 0.214 e. The Labute approximate surface area is 166 Å². The summed E-state index contributed by atoms with van der Waals surface area (Å²) in [4.78, 5) is 11.0. The number of aliphatic imine (C=N–C) groups is 1. The van der Waals surface area contributed by atoms with Gasteiger partial charge in [-0.2, -0.15) is 0 Å². The van der Waals surface area contributed by atoms with Crippen LogP contribution in [0.25, 0.3) is 11.3 Å². The Morgan fingerprint density at radius 3 is 2.75 bits per heavy atom. The molecule has 2 heterocycles. The molecule has 0 atom stereocenters. The molecule has 0 spiro atoms. The first kappa shape index (κ1) is 20.4. The van der Waals surface area contributed by atoms with E-state index in [1.165, 1.54) is 0 Å². The van der Waals surface area contributed by atoms with Gasteiger partial charge in [0.1, 0.15) is 0 Å². The topological polar surface area (TPSA) is 72.1 Å². The van der Waals surface area contributed by atoms with Gasteiger partial charge in [-0.3, -0.25) is 4.99 Å². The van der Waals surface area contributed by atoms with Crippen LogP contribution in [-0.4, -0.2) is 62.4 Å². The minimum Gasteiger partial charge on any atom is -0.439 e. The highest BCUT2D eigenvalue weighted by atomic mass is 16.5. The highest BCUT2D eigenvalue weighted by Crippen LogP contribution is 2.20. The maximum atomic E-state index is 5.93. The zero-order chi connectivity index (χ0) is 19.6. The van der Waals surface area contributed by atoms with Crippen LogP contribution in [0.2, 0.25) is 0 Å². The molecule has 7 nitrogen and oxygen atoms in total. The molecule has 1 aromatic heterocycles. The zero-order valence-corrected chi connectivity index (χ0v) is 16.8. The Bertz CT molecular complexity index is 724. The fourth-order valence-corrected chi connectivity index (χ4v) is 3.30. The van der Waals surface area contributed by atoms with Crippen molar-refractivity contribution in [1.82, 2.24) is 15.2 Å². The van der Waals surface area contributed by atoms with E-state index in [1.807, 2.05) is 30.3 Å². The summed E-state index contributed by atoms with van der Waals surface area (Å²) >= 11 is 0. The third-order valence-electron chi connectivity index (χ3n) is 4.81. The Morgan fingerprint density at radius 1 is 1.25 bits per heavy atom. The van der Waals surface area contributed by atoms with Gasteiger partial charge in [0.15, 0.2) is 11.7 Å². The number of nitrogens with one attached hydrogen (secondary N) is 1. The molecule has 3 rings (SSSR count). The molecule has 0 saturated carbocycles. The van der Waals surface area contributed by atoms with Crippen molar-refractivity contribution in [3.63, 3.8) is 0 Å². The predicted molar refractivity (Wildman–Crippen MR) is 109 cm³/mol. The molecule has 0 amide bonds. The number of hydrogen-bond acceptors (Lipinski definition) is 5. The van der Waals surface area contributed by atoms with Gasteiger partial charge in [-0.05, 0) is 19.3 Å². The molecule has 0 unspecified atom stereocenters. The molecule has 1 aliphatic heterocycles. The molecular formula is C21H30N4O3. The van der Waals surface area contributed by atoms with Crippen molar-refractivity contribution < 1.29 is 13.9 Å². The van der Waals surface area contributed by atoms with Gasteiger partial charge < -0.3 is 24.1 Å². The molecule has 1 fully saturated rings. The number of guanidine groups is 1. The number of nitrogens with zero attached hydrogens (tertiary/aromatic N) is 3. The van der Waals surface area contributed by atoms with Crippen LogP contribution < -0.4 is 5.32 Å². The van der Waals surface area contributed by atoms with Crippen LogP contribution in [0.15, 0.2) is 45.9 Å². The van der Waals surface area contributed by atoms with Crippen molar-refractivity contribution >= 4 is 5.96 Å². The summed E-state index contributed by atoms with van der Waals surface area (Å²) in [5, 5.41) is 3.36. The summed E-state index contributed by atoms with van der Waals surface area (Å²) in [5.74, 6) is 2.30. The highest BCUT2D eigenvalue weighted by Gasteiger charge is 2.22. The van der Waals surface area contributed by atoms with E-state index in [1.54, 1.807) is 20.4 Å². The van der Waals surface area contributed by atoms with Gasteiger partial charge in [-0.25, -0.2) is 4.98 Å². The van der Waals surface area contributed by atoms with E-state index in [0.29, 0.717) is 18.5 Å². The fraction of sp³-hybridized carbons (Fsp3) is 0.524. The van der Waals surface area contributed by atoms with Gasteiger partial charge in [0.2, 0.25) is 5.89 Å². The Balaban J connectivity index is 1.44. The summed E-state index contributed by atoms with van der Waals surface area (Å²) in [6, 6.07) is 9.99. The van der Waals surface area contributed by atoms with Gasteiger partial charge in [0.05, 0.1) is 18.8 Å². The van der Waals surface area contributed by atoms with Crippen LogP contribution in [0.1, 0.15) is 25.2 Å². The zero-order valence-electron chi connectivity index (χ0n) is 16.8. The maximum Gasteiger partial charge on any atom is 0.214 e. The van der Waals surface area contributed by atoms with Crippen molar-refractivity contribution in [2.45, 2.75) is 31.9 Å². The number of ether oxygens (including phenoxy) is 2. The second-order valence-electron chi connectivity index (χ2n) is 6.79. The molecule has 1 N–H and O–H groups in total. The average molecular weight is 386 g/mol. The van der Waals surface area contributed by atoms with Crippen molar-refractivity contribution in [2.24, 2.45) is 4.99 Å². The summed E-state index contributed by atoms with van der Waals surface area (Å²) in [5.41, 5.74) is 1.03. The molecule has 2 aromatic rings. The van der Waals surface area contributed by atoms with Gasteiger partial charge in [-0.1, -0.05) is 30.3 Å².